The molecule has 2 aliphatic rings. The molecule has 1 aliphatic carbocycles. The van der Waals surface area contributed by atoms with E-state index in [0.717, 1.165) is 44.3 Å². The largest absolute Gasteiger partial charge is 0.493 e. The van der Waals surface area contributed by atoms with Crippen molar-refractivity contribution >= 4 is 5.97 Å². The fraction of sp³-hybridized carbons (Fsp3) is 0.519. The summed E-state index contributed by atoms with van der Waals surface area (Å²) in [5, 5.41) is 0. The van der Waals surface area contributed by atoms with E-state index >= 15 is 0 Å². The first-order valence-corrected chi connectivity index (χ1v) is 11.7. The molecule has 1 heterocycles. The third-order valence-corrected chi connectivity index (χ3v) is 6.92. The molecule has 2 fully saturated rings. The number of hydrogen-bond donors (Lipinski definition) is 0. The summed E-state index contributed by atoms with van der Waals surface area (Å²) in [5.41, 5.74) is 4.94. The molecule has 0 aromatic heterocycles. The molecule has 5 heteroatoms. The molecule has 0 amide bonds. The van der Waals surface area contributed by atoms with Gasteiger partial charge < -0.3 is 9.47 Å². The smallest absolute Gasteiger partial charge is 0.340 e. The Balaban J connectivity index is 1.36. The highest BCUT2D eigenvalue weighted by Gasteiger charge is 2.30. The minimum atomic E-state index is -0.638. The number of carbonyl (C=O) groups excluding carboxylic acids is 1. The Kier molecular flexibility index (Phi) is 6.85. The topological polar surface area (TPSA) is 38.8 Å². The van der Waals surface area contributed by atoms with Gasteiger partial charge in [-0.25, -0.2) is 9.18 Å². The van der Waals surface area contributed by atoms with Crippen LogP contribution in [-0.4, -0.2) is 37.7 Å². The third kappa shape index (κ3) is 5.15. The Morgan fingerprint density at radius 2 is 1.72 bits per heavy atom. The van der Waals surface area contributed by atoms with Crippen LogP contribution in [0.25, 0.3) is 0 Å². The van der Waals surface area contributed by atoms with Gasteiger partial charge in [0, 0.05) is 12.1 Å². The highest BCUT2D eigenvalue weighted by Crippen LogP contribution is 2.45. The van der Waals surface area contributed by atoms with Gasteiger partial charge in [-0.2, -0.15) is 0 Å². The molecule has 1 saturated heterocycles. The lowest BCUT2D eigenvalue weighted by molar-refractivity contribution is 0.0595. The number of nitrogens with zero attached hydrogens (tertiary/aromatic N) is 1. The van der Waals surface area contributed by atoms with Crippen molar-refractivity contribution in [2.75, 3.05) is 26.8 Å². The first-order valence-electron chi connectivity index (χ1n) is 11.7. The molecule has 2 aromatic carbocycles. The van der Waals surface area contributed by atoms with Crippen LogP contribution in [0.15, 0.2) is 30.3 Å². The van der Waals surface area contributed by atoms with E-state index in [9.17, 15) is 9.18 Å². The van der Waals surface area contributed by atoms with Crippen LogP contribution in [0, 0.1) is 25.6 Å². The van der Waals surface area contributed by atoms with Crippen molar-refractivity contribution in [3.8, 4) is 5.75 Å². The lowest BCUT2D eigenvalue weighted by Crippen LogP contribution is -2.37. The summed E-state index contributed by atoms with van der Waals surface area (Å²) in [6.07, 6.45) is 4.24. The molecular weight excluding hydrogens is 405 g/mol. The number of rotatable bonds is 7. The molecular formula is C27H34FNO3. The summed E-state index contributed by atoms with van der Waals surface area (Å²) in [4.78, 5) is 14.4. The Labute approximate surface area is 190 Å². The highest BCUT2D eigenvalue weighted by molar-refractivity contribution is 5.90. The molecule has 1 atom stereocenters. The Hall–Kier alpha value is -2.40. The lowest BCUT2D eigenvalue weighted by Gasteiger charge is -2.36. The summed E-state index contributed by atoms with van der Waals surface area (Å²) >= 11 is 0. The maximum absolute atomic E-state index is 14.5. The molecule has 0 bridgehead atoms. The normalized spacial score (nSPS) is 18.4. The van der Waals surface area contributed by atoms with Crippen LogP contribution in [0.4, 0.5) is 4.39 Å². The van der Waals surface area contributed by atoms with E-state index in [4.69, 9.17) is 9.47 Å². The van der Waals surface area contributed by atoms with Gasteiger partial charge in [-0.3, -0.25) is 4.90 Å². The zero-order valence-electron chi connectivity index (χ0n) is 19.6. The maximum Gasteiger partial charge on any atom is 0.340 e. The monoisotopic (exact) mass is 439 g/mol. The van der Waals surface area contributed by atoms with E-state index in [-0.39, 0.29) is 5.56 Å². The van der Waals surface area contributed by atoms with Crippen LogP contribution in [-0.2, 0) is 4.74 Å². The summed E-state index contributed by atoms with van der Waals surface area (Å²) in [6, 6.07) is 10.2. The van der Waals surface area contributed by atoms with Gasteiger partial charge in [0.1, 0.15) is 11.6 Å². The molecule has 172 valence electrons. The number of piperidine rings is 1. The quantitative estimate of drug-likeness (QED) is 0.499. The standard InChI is InChI=1S/C27H34FNO3/c1-17-11-18(2)13-22(12-17)19(3)29-9-7-20(8-10-29)16-32-26-15-25(28)24(27(30)31-4)14-23(26)21-5-6-21/h11-15,19-21H,5-10,16H2,1-4H3/t19-/m1/s1. The number of halogens is 1. The zero-order valence-corrected chi connectivity index (χ0v) is 19.6. The van der Waals surface area contributed by atoms with E-state index in [1.165, 1.54) is 29.9 Å². The number of aryl methyl sites for hydroxylation is 2. The Bertz CT molecular complexity index is 957. The van der Waals surface area contributed by atoms with Crippen molar-refractivity contribution in [1.29, 1.82) is 0 Å². The van der Waals surface area contributed by atoms with Crippen LogP contribution < -0.4 is 4.74 Å². The van der Waals surface area contributed by atoms with E-state index in [2.05, 4.69) is 43.9 Å². The molecule has 0 radical (unpaired) electrons. The number of ether oxygens (including phenoxy) is 2. The molecule has 32 heavy (non-hydrogen) atoms. The number of esters is 1. The SMILES string of the molecule is COC(=O)c1cc(C2CC2)c(OCC2CCN([C@H](C)c3cc(C)cc(C)c3)CC2)cc1F. The lowest BCUT2D eigenvalue weighted by atomic mass is 9.94. The average molecular weight is 440 g/mol. The summed E-state index contributed by atoms with van der Waals surface area (Å²) in [7, 11) is 1.27. The van der Waals surface area contributed by atoms with Crippen LogP contribution in [0.2, 0.25) is 0 Å². The first-order chi connectivity index (χ1) is 15.4. The molecule has 1 saturated carbocycles. The highest BCUT2D eigenvalue weighted by atomic mass is 19.1. The van der Waals surface area contributed by atoms with Gasteiger partial charge in [-0.05, 0) is 88.6 Å². The number of hydrogen-bond acceptors (Lipinski definition) is 4. The van der Waals surface area contributed by atoms with Gasteiger partial charge in [0.05, 0.1) is 19.3 Å². The maximum atomic E-state index is 14.5. The van der Waals surface area contributed by atoms with Crippen LogP contribution in [0.5, 0.6) is 5.75 Å². The first kappa shape index (κ1) is 22.8. The molecule has 0 unspecified atom stereocenters. The molecule has 0 N–H and O–H groups in total. The molecule has 1 aliphatic heterocycles. The van der Waals surface area contributed by atoms with E-state index in [1.807, 2.05) is 0 Å². The summed E-state index contributed by atoms with van der Waals surface area (Å²) in [6.45, 7) is 9.26. The average Bonchev–Trinajstić information content (AvgIpc) is 3.61. The number of carbonyl (C=O) groups is 1. The molecule has 4 nitrogen and oxygen atoms in total. The number of methoxy groups -OCH3 is 1. The fourth-order valence-electron chi connectivity index (χ4n) is 4.85. The van der Waals surface area contributed by atoms with Crippen molar-refractivity contribution in [1.82, 2.24) is 4.90 Å². The van der Waals surface area contributed by atoms with Gasteiger partial charge in [0.2, 0.25) is 0 Å². The second kappa shape index (κ2) is 9.62. The van der Waals surface area contributed by atoms with E-state index < -0.39 is 11.8 Å². The van der Waals surface area contributed by atoms with E-state index in [1.54, 1.807) is 6.07 Å². The fourth-order valence-corrected chi connectivity index (χ4v) is 4.85. The predicted octanol–water partition coefficient (Wildman–Crippen LogP) is 5.96. The van der Waals surface area contributed by atoms with Crippen LogP contribution in [0.1, 0.15) is 77.2 Å². The summed E-state index contributed by atoms with van der Waals surface area (Å²) < 4.78 is 25.3. The zero-order chi connectivity index (χ0) is 22.8. The third-order valence-electron chi connectivity index (χ3n) is 6.92. The van der Waals surface area contributed by atoms with Gasteiger partial charge in [-0.15, -0.1) is 0 Å². The van der Waals surface area contributed by atoms with Gasteiger partial charge in [-0.1, -0.05) is 29.3 Å². The Morgan fingerprint density at radius 3 is 2.31 bits per heavy atom. The van der Waals surface area contributed by atoms with Gasteiger partial charge >= 0.3 is 5.97 Å². The Morgan fingerprint density at radius 1 is 1.06 bits per heavy atom. The van der Waals surface area contributed by atoms with Crippen molar-refractivity contribution in [3.05, 3.63) is 64.0 Å². The van der Waals surface area contributed by atoms with Crippen molar-refractivity contribution < 1.29 is 18.7 Å². The van der Waals surface area contributed by atoms with Crippen molar-refractivity contribution in [2.45, 2.75) is 58.4 Å². The second-order valence-electron chi connectivity index (χ2n) is 9.52. The van der Waals surface area contributed by atoms with Crippen molar-refractivity contribution in [3.63, 3.8) is 0 Å². The van der Waals surface area contributed by atoms with Crippen LogP contribution in [0.3, 0.4) is 0 Å². The van der Waals surface area contributed by atoms with Gasteiger partial charge in [0.15, 0.2) is 0 Å². The predicted molar refractivity (Wildman–Crippen MR) is 124 cm³/mol. The van der Waals surface area contributed by atoms with Crippen LogP contribution >= 0.6 is 0 Å². The minimum Gasteiger partial charge on any atom is -0.493 e. The molecule has 2 aromatic rings. The number of likely N-dealkylation sites (tertiary alicyclic amines) is 1. The second-order valence-corrected chi connectivity index (χ2v) is 9.52. The summed E-state index contributed by atoms with van der Waals surface area (Å²) in [5.74, 6) is 0.181. The van der Waals surface area contributed by atoms with Gasteiger partial charge in [0.25, 0.3) is 0 Å². The minimum absolute atomic E-state index is 0.00423. The molecule has 4 rings (SSSR count). The molecule has 0 spiro atoms. The number of benzene rings is 2. The van der Waals surface area contributed by atoms with Crippen molar-refractivity contribution in [2.24, 2.45) is 5.92 Å². The van der Waals surface area contributed by atoms with E-state index in [0.29, 0.717) is 30.2 Å².